The number of nitrogens with two attached hydrogens (primary N) is 1. The molecule has 0 unspecified atom stereocenters. The summed E-state index contributed by atoms with van der Waals surface area (Å²) in [5.41, 5.74) is 5.82. The van der Waals surface area contributed by atoms with Crippen LogP contribution in [0, 0.1) is 6.92 Å². The first-order valence-corrected chi connectivity index (χ1v) is 8.13. The number of ether oxygens (including phenoxy) is 1. The quantitative estimate of drug-likeness (QED) is 0.773. The summed E-state index contributed by atoms with van der Waals surface area (Å²) in [5.74, 6) is 0.246. The van der Waals surface area contributed by atoms with E-state index in [4.69, 9.17) is 10.5 Å². The van der Waals surface area contributed by atoms with Crippen molar-refractivity contribution in [1.82, 2.24) is 4.31 Å². The molecule has 0 aliphatic carbocycles. The largest absolute Gasteiger partial charge is 0.495 e. The van der Waals surface area contributed by atoms with Crippen LogP contribution in [0.1, 0.15) is 26.3 Å². The van der Waals surface area contributed by atoms with Crippen molar-refractivity contribution in [1.29, 1.82) is 0 Å². The summed E-state index contributed by atoms with van der Waals surface area (Å²) in [6, 6.07) is 3.00. The average Bonchev–Trinajstić information content (AvgIpc) is 2.37. The van der Waals surface area contributed by atoms with E-state index < -0.39 is 15.6 Å². The number of likely N-dealkylation sites (N-methyl/N-ethyl adjacent to an activating group) is 1. The van der Waals surface area contributed by atoms with Crippen LogP contribution >= 0.6 is 0 Å². The maximum absolute atomic E-state index is 12.8. The summed E-state index contributed by atoms with van der Waals surface area (Å²) in [7, 11) is -2.39. The van der Waals surface area contributed by atoms with Gasteiger partial charge >= 0.3 is 0 Å². The summed E-state index contributed by atoms with van der Waals surface area (Å²) >= 11 is 0. The second-order valence-corrected chi connectivity index (χ2v) is 7.51. The van der Waals surface area contributed by atoms with E-state index in [1.54, 1.807) is 33.8 Å². The summed E-state index contributed by atoms with van der Waals surface area (Å²) in [5, 5.41) is 9.89. The number of hydrogen-bond donors (Lipinski definition) is 2. The molecule has 0 heterocycles. The van der Waals surface area contributed by atoms with Crippen LogP contribution in [0.3, 0.4) is 0 Å². The Morgan fingerprint density at radius 2 is 1.95 bits per heavy atom. The number of benzene rings is 1. The van der Waals surface area contributed by atoms with Crippen LogP contribution in [-0.4, -0.2) is 43.6 Å². The second-order valence-electron chi connectivity index (χ2n) is 5.60. The molecule has 0 spiro atoms. The number of hydrogen-bond acceptors (Lipinski definition) is 5. The first kappa shape index (κ1) is 17.7. The number of sulfonamides is 1. The van der Waals surface area contributed by atoms with Gasteiger partial charge in [-0.3, -0.25) is 0 Å². The molecule has 7 heteroatoms. The monoisotopic (exact) mass is 316 g/mol. The van der Waals surface area contributed by atoms with Crippen LogP contribution in [0.25, 0.3) is 0 Å². The molecule has 0 saturated heterocycles. The highest BCUT2D eigenvalue weighted by atomic mass is 32.2. The number of aryl methyl sites for hydroxylation is 1. The van der Waals surface area contributed by atoms with Gasteiger partial charge in [-0.1, -0.05) is 6.92 Å². The predicted molar refractivity (Wildman–Crippen MR) is 82.9 cm³/mol. The van der Waals surface area contributed by atoms with Gasteiger partial charge in [0.2, 0.25) is 10.0 Å². The molecule has 120 valence electrons. The van der Waals surface area contributed by atoms with Gasteiger partial charge in [0.15, 0.2) is 0 Å². The zero-order valence-electron chi connectivity index (χ0n) is 13.2. The Morgan fingerprint density at radius 1 is 1.38 bits per heavy atom. The van der Waals surface area contributed by atoms with Gasteiger partial charge in [0.1, 0.15) is 10.6 Å². The average molecular weight is 316 g/mol. The van der Waals surface area contributed by atoms with Crippen LogP contribution in [0.5, 0.6) is 5.75 Å². The molecular weight excluding hydrogens is 292 g/mol. The van der Waals surface area contributed by atoms with E-state index in [0.29, 0.717) is 5.69 Å². The van der Waals surface area contributed by atoms with Crippen LogP contribution in [0.2, 0.25) is 0 Å². The van der Waals surface area contributed by atoms with Gasteiger partial charge in [0.05, 0.1) is 12.7 Å². The van der Waals surface area contributed by atoms with Crippen molar-refractivity contribution in [3.63, 3.8) is 0 Å². The van der Waals surface area contributed by atoms with Gasteiger partial charge in [0.25, 0.3) is 0 Å². The van der Waals surface area contributed by atoms with E-state index in [1.165, 1.54) is 17.5 Å². The minimum absolute atomic E-state index is 0.0111. The van der Waals surface area contributed by atoms with Crippen LogP contribution in [0.4, 0.5) is 5.69 Å². The number of rotatable bonds is 6. The van der Waals surface area contributed by atoms with E-state index in [1.807, 2.05) is 0 Å². The van der Waals surface area contributed by atoms with Gasteiger partial charge in [0, 0.05) is 18.8 Å². The molecule has 0 amide bonds. The molecule has 0 atom stereocenters. The van der Waals surface area contributed by atoms with Gasteiger partial charge in [-0.15, -0.1) is 0 Å². The third-order valence-corrected chi connectivity index (χ3v) is 5.03. The minimum Gasteiger partial charge on any atom is -0.495 e. The highest BCUT2D eigenvalue weighted by Gasteiger charge is 2.31. The third-order valence-electron chi connectivity index (χ3n) is 3.09. The lowest BCUT2D eigenvalue weighted by Gasteiger charge is -2.28. The molecule has 6 nitrogen and oxygen atoms in total. The topological polar surface area (TPSA) is 92.9 Å². The Morgan fingerprint density at radius 3 is 2.38 bits per heavy atom. The summed E-state index contributed by atoms with van der Waals surface area (Å²) in [4.78, 5) is 0.0131. The van der Waals surface area contributed by atoms with Crippen molar-refractivity contribution in [3.05, 3.63) is 17.7 Å². The lowest BCUT2D eigenvalue weighted by atomic mass is 10.1. The predicted octanol–water partition coefficient (Wildman–Crippen LogP) is 1.37. The standard InChI is InChI=1S/C14H24N2O4S/c1-6-16(9-14(3,4)17)21(18,19)13-8-11(15)10(2)7-12(13)20-5/h7-8,17H,6,9,15H2,1-5H3. The number of nitrogens with zero attached hydrogens (tertiary/aromatic N) is 1. The highest BCUT2D eigenvalue weighted by Crippen LogP contribution is 2.31. The zero-order valence-corrected chi connectivity index (χ0v) is 14.0. The lowest BCUT2D eigenvalue weighted by molar-refractivity contribution is 0.0601. The Kier molecular flexibility index (Phi) is 5.25. The van der Waals surface area contributed by atoms with E-state index in [9.17, 15) is 13.5 Å². The molecule has 21 heavy (non-hydrogen) atoms. The van der Waals surface area contributed by atoms with E-state index >= 15 is 0 Å². The fourth-order valence-electron chi connectivity index (χ4n) is 1.98. The maximum atomic E-state index is 12.8. The molecule has 0 radical (unpaired) electrons. The Hall–Kier alpha value is -1.31. The number of nitrogen functional groups attached to an aromatic ring is 1. The van der Waals surface area contributed by atoms with Crippen LogP contribution in [0.15, 0.2) is 17.0 Å². The van der Waals surface area contributed by atoms with Crippen molar-refractivity contribution in [2.75, 3.05) is 25.9 Å². The normalized spacial score (nSPS) is 12.7. The first-order chi connectivity index (χ1) is 9.52. The molecule has 1 aromatic rings. The summed E-state index contributed by atoms with van der Waals surface area (Å²) in [6.45, 7) is 6.85. The molecule has 1 aromatic carbocycles. The van der Waals surface area contributed by atoms with Crippen molar-refractivity contribution < 1.29 is 18.3 Å². The smallest absolute Gasteiger partial charge is 0.246 e. The highest BCUT2D eigenvalue weighted by molar-refractivity contribution is 7.89. The van der Waals surface area contributed by atoms with Gasteiger partial charge in [-0.05, 0) is 38.5 Å². The summed E-state index contributed by atoms with van der Waals surface area (Å²) in [6.07, 6.45) is 0. The molecule has 3 N–H and O–H groups in total. The summed E-state index contributed by atoms with van der Waals surface area (Å²) < 4.78 is 31.9. The molecule has 0 aromatic heterocycles. The first-order valence-electron chi connectivity index (χ1n) is 6.69. The fourth-order valence-corrected chi connectivity index (χ4v) is 3.75. The van der Waals surface area contributed by atoms with Gasteiger partial charge < -0.3 is 15.6 Å². The lowest BCUT2D eigenvalue weighted by Crippen LogP contribution is -2.42. The molecule has 1 rings (SSSR count). The zero-order chi connectivity index (χ0) is 16.4. The SMILES string of the molecule is CCN(CC(C)(C)O)S(=O)(=O)c1cc(N)c(C)cc1OC. The van der Waals surface area contributed by atoms with Gasteiger partial charge in [-0.25, -0.2) is 8.42 Å². The van der Waals surface area contributed by atoms with Crippen molar-refractivity contribution >= 4 is 15.7 Å². The van der Waals surface area contributed by atoms with Crippen molar-refractivity contribution in [2.45, 2.75) is 38.2 Å². The molecule has 0 fully saturated rings. The third kappa shape index (κ3) is 4.09. The van der Waals surface area contributed by atoms with E-state index in [-0.39, 0.29) is 23.7 Å². The van der Waals surface area contributed by atoms with E-state index in [0.717, 1.165) is 5.56 Å². The molecular formula is C14H24N2O4S. The second kappa shape index (κ2) is 6.21. The molecule has 0 aliphatic rings. The van der Waals surface area contributed by atoms with E-state index in [2.05, 4.69) is 0 Å². The van der Waals surface area contributed by atoms with Crippen LogP contribution < -0.4 is 10.5 Å². The van der Waals surface area contributed by atoms with Crippen LogP contribution in [-0.2, 0) is 10.0 Å². The van der Waals surface area contributed by atoms with Gasteiger partial charge in [-0.2, -0.15) is 4.31 Å². The Bertz CT molecular complexity index is 606. The maximum Gasteiger partial charge on any atom is 0.246 e. The minimum atomic E-state index is -3.80. The Labute approximate surface area is 126 Å². The Balaban J connectivity index is 3.38. The molecule has 0 bridgehead atoms. The number of anilines is 1. The number of methoxy groups -OCH3 is 1. The fraction of sp³-hybridized carbons (Fsp3) is 0.571. The van der Waals surface area contributed by atoms with Crippen molar-refractivity contribution in [3.8, 4) is 5.75 Å². The molecule has 0 saturated carbocycles. The number of aliphatic hydroxyl groups is 1. The van der Waals surface area contributed by atoms with Crippen molar-refractivity contribution in [2.24, 2.45) is 0 Å². The molecule has 0 aliphatic heterocycles.